The van der Waals surface area contributed by atoms with Crippen molar-refractivity contribution in [2.45, 2.75) is 19.0 Å². The number of thioether (sulfide) groups is 1. The van der Waals surface area contributed by atoms with E-state index in [0.29, 0.717) is 10.9 Å². The lowest BCUT2D eigenvalue weighted by Gasteiger charge is -2.06. The lowest BCUT2D eigenvalue weighted by molar-refractivity contribution is 0.102. The quantitative estimate of drug-likeness (QED) is 0.384. The first-order valence-electron chi connectivity index (χ1n) is 7.75. The first-order chi connectivity index (χ1) is 11.6. The van der Waals surface area contributed by atoms with Gasteiger partial charge in [-0.3, -0.25) is 4.79 Å². The Morgan fingerprint density at radius 3 is 2.38 bits per heavy atom. The maximum atomic E-state index is 12.2. The van der Waals surface area contributed by atoms with Crippen LogP contribution in [0.15, 0.2) is 65.8 Å². The topological polar surface area (TPSA) is 42.9 Å². The zero-order chi connectivity index (χ0) is 16.9. The average Bonchev–Trinajstić information content (AvgIpc) is 2.60. The van der Waals surface area contributed by atoms with Gasteiger partial charge < -0.3 is 0 Å². The summed E-state index contributed by atoms with van der Waals surface area (Å²) in [5, 5.41) is 0.634. The molecule has 3 rings (SSSR count). The van der Waals surface area contributed by atoms with Gasteiger partial charge in [-0.1, -0.05) is 71.9 Å². The number of hydrogen-bond acceptors (Lipinski definition) is 4. The van der Waals surface area contributed by atoms with Crippen molar-refractivity contribution in [2.24, 2.45) is 0 Å². The van der Waals surface area contributed by atoms with E-state index in [1.165, 1.54) is 17.3 Å². The standard InChI is InChI=1S/C20H18N2OS/c1-14-8-10-16(11-9-14)18-12-15(2)21-20(22-18)24-13-19(23)17-6-4-3-5-7-17/h3-12H,13H2,1-2H3. The Labute approximate surface area is 146 Å². The van der Waals surface area contributed by atoms with E-state index in [4.69, 9.17) is 0 Å². The molecule has 0 unspecified atom stereocenters. The van der Waals surface area contributed by atoms with Crippen molar-refractivity contribution < 1.29 is 4.79 Å². The Balaban J connectivity index is 1.77. The number of benzene rings is 2. The number of hydrogen-bond donors (Lipinski definition) is 0. The van der Waals surface area contributed by atoms with Crippen LogP contribution in [0.2, 0.25) is 0 Å². The van der Waals surface area contributed by atoms with E-state index in [2.05, 4.69) is 41.2 Å². The van der Waals surface area contributed by atoms with Gasteiger partial charge >= 0.3 is 0 Å². The van der Waals surface area contributed by atoms with Gasteiger partial charge in [0.15, 0.2) is 10.9 Å². The molecule has 3 nitrogen and oxygen atoms in total. The zero-order valence-corrected chi connectivity index (χ0v) is 14.5. The third kappa shape index (κ3) is 4.09. The molecule has 4 heteroatoms. The molecule has 0 saturated carbocycles. The molecule has 0 spiro atoms. The normalized spacial score (nSPS) is 10.6. The second kappa shape index (κ2) is 7.41. The minimum atomic E-state index is 0.0857. The Kier molecular flexibility index (Phi) is 5.06. The van der Waals surface area contributed by atoms with Gasteiger partial charge in [-0.25, -0.2) is 9.97 Å². The number of aromatic nitrogens is 2. The molecule has 0 amide bonds. The smallest absolute Gasteiger partial charge is 0.188 e. The third-order valence-corrected chi connectivity index (χ3v) is 4.46. The number of ketones is 1. The van der Waals surface area contributed by atoms with Crippen molar-refractivity contribution in [3.8, 4) is 11.3 Å². The molecule has 24 heavy (non-hydrogen) atoms. The van der Waals surface area contributed by atoms with Crippen LogP contribution in [0.1, 0.15) is 21.6 Å². The minimum Gasteiger partial charge on any atom is -0.293 e. The molecule has 120 valence electrons. The molecular weight excluding hydrogens is 316 g/mol. The molecule has 0 saturated heterocycles. The summed E-state index contributed by atoms with van der Waals surface area (Å²) in [6.07, 6.45) is 0. The van der Waals surface area contributed by atoms with E-state index in [9.17, 15) is 4.79 Å². The van der Waals surface area contributed by atoms with Gasteiger partial charge in [0.1, 0.15) is 0 Å². The summed E-state index contributed by atoms with van der Waals surface area (Å²) in [5.41, 5.74) is 4.78. The first kappa shape index (κ1) is 16.4. The Bertz CT molecular complexity index is 845. The van der Waals surface area contributed by atoms with Crippen LogP contribution in [-0.2, 0) is 0 Å². The van der Waals surface area contributed by atoms with Crippen molar-refractivity contribution in [3.05, 3.63) is 77.5 Å². The van der Waals surface area contributed by atoms with Crippen LogP contribution >= 0.6 is 11.8 Å². The predicted octanol–water partition coefficient (Wildman–Crippen LogP) is 4.74. The highest BCUT2D eigenvalue weighted by molar-refractivity contribution is 7.99. The number of rotatable bonds is 5. The predicted molar refractivity (Wildman–Crippen MR) is 98.4 cm³/mol. The summed E-state index contributed by atoms with van der Waals surface area (Å²) in [6, 6.07) is 19.5. The average molecular weight is 334 g/mol. The van der Waals surface area contributed by atoms with E-state index in [1.54, 1.807) is 0 Å². The van der Waals surface area contributed by atoms with E-state index >= 15 is 0 Å². The van der Waals surface area contributed by atoms with Crippen molar-refractivity contribution in [2.75, 3.05) is 5.75 Å². The van der Waals surface area contributed by atoms with Crippen LogP contribution in [0.4, 0.5) is 0 Å². The molecule has 3 aromatic rings. The van der Waals surface area contributed by atoms with E-state index in [1.807, 2.05) is 43.3 Å². The van der Waals surface area contributed by atoms with Gasteiger partial charge in [0, 0.05) is 16.8 Å². The number of carbonyl (C=O) groups is 1. The highest BCUT2D eigenvalue weighted by Crippen LogP contribution is 2.22. The number of nitrogens with zero attached hydrogens (tertiary/aromatic N) is 2. The van der Waals surface area contributed by atoms with Crippen LogP contribution in [0, 0.1) is 13.8 Å². The second-order valence-corrected chi connectivity index (χ2v) is 6.56. The third-order valence-electron chi connectivity index (χ3n) is 3.61. The maximum Gasteiger partial charge on any atom is 0.188 e. The maximum absolute atomic E-state index is 12.2. The van der Waals surface area contributed by atoms with Crippen LogP contribution in [0.3, 0.4) is 0 Å². The summed E-state index contributed by atoms with van der Waals surface area (Å²) in [4.78, 5) is 21.3. The molecule has 1 aromatic heterocycles. The number of carbonyl (C=O) groups excluding carboxylic acids is 1. The fraction of sp³-hybridized carbons (Fsp3) is 0.150. The Morgan fingerprint density at radius 1 is 0.958 bits per heavy atom. The summed E-state index contributed by atoms with van der Waals surface area (Å²) in [6.45, 7) is 4.01. The number of Topliss-reactive ketones (excluding diaryl/α,β-unsaturated/α-hetero) is 1. The summed E-state index contributed by atoms with van der Waals surface area (Å²) in [5.74, 6) is 0.420. The molecule has 0 atom stereocenters. The van der Waals surface area contributed by atoms with Crippen molar-refractivity contribution >= 4 is 17.5 Å². The lowest BCUT2D eigenvalue weighted by Crippen LogP contribution is -2.03. The summed E-state index contributed by atoms with van der Waals surface area (Å²) < 4.78 is 0. The summed E-state index contributed by atoms with van der Waals surface area (Å²) >= 11 is 1.38. The van der Waals surface area contributed by atoms with Crippen LogP contribution in [0.25, 0.3) is 11.3 Å². The van der Waals surface area contributed by atoms with Crippen molar-refractivity contribution in [3.63, 3.8) is 0 Å². The molecule has 1 heterocycles. The van der Waals surface area contributed by atoms with Crippen molar-refractivity contribution in [1.29, 1.82) is 0 Å². The zero-order valence-electron chi connectivity index (χ0n) is 13.7. The second-order valence-electron chi connectivity index (χ2n) is 5.62. The largest absolute Gasteiger partial charge is 0.293 e. The molecule has 0 radical (unpaired) electrons. The van der Waals surface area contributed by atoms with Gasteiger partial charge in [0.25, 0.3) is 0 Å². The molecule has 2 aromatic carbocycles. The highest BCUT2D eigenvalue weighted by atomic mass is 32.2. The van der Waals surface area contributed by atoms with Gasteiger partial charge in [-0.15, -0.1) is 0 Å². The van der Waals surface area contributed by atoms with E-state index in [-0.39, 0.29) is 5.78 Å². The minimum absolute atomic E-state index is 0.0857. The molecule has 0 aliphatic rings. The van der Waals surface area contributed by atoms with Crippen molar-refractivity contribution in [1.82, 2.24) is 9.97 Å². The molecule has 0 aliphatic heterocycles. The molecule has 0 aliphatic carbocycles. The molecule has 0 bridgehead atoms. The first-order valence-corrected chi connectivity index (χ1v) is 8.74. The van der Waals surface area contributed by atoms with Crippen LogP contribution in [0.5, 0.6) is 0 Å². The van der Waals surface area contributed by atoms with Crippen LogP contribution < -0.4 is 0 Å². The van der Waals surface area contributed by atoms with Gasteiger partial charge in [0.05, 0.1) is 11.4 Å². The van der Waals surface area contributed by atoms with Gasteiger partial charge in [-0.2, -0.15) is 0 Å². The number of aryl methyl sites for hydroxylation is 2. The fourth-order valence-electron chi connectivity index (χ4n) is 2.32. The fourth-order valence-corrected chi connectivity index (χ4v) is 3.11. The molecule has 0 N–H and O–H groups in total. The Morgan fingerprint density at radius 2 is 1.67 bits per heavy atom. The summed E-state index contributed by atoms with van der Waals surface area (Å²) in [7, 11) is 0. The van der Waals surface area contributed by atoms with E-state index < -0.39 is 0 Å². The van der Waals surface area contributed by atoms with Gasteiger partial charge in [-0.05, 0) is 19.9 Å². The van der Waals surface area contributed by atoms with E-state index in [0.717, 1.165) is 22.5 Å². The SMILES string of the molecule is Cc1ccc(-c2cc(C)nc(SCC(=O)c3ccccc3)n2)cc1. The molecular formula is C20H18N2OS. The lowest BCUT2D eigenvalue weighted by atomic mass is 10.1. The Hall–Kier alpha value is -2.46. The highest BCUT2D eigenvalue weighted by Gasteiger charge is 2.10. The van der Waals surface area contributed by atoms with Gasteiger partial charge in [0.2, 0.25) is 0 Å². The monoisotopic (exact) mass is 334 g/mol. The van der Waals surface area contributed by atoms with Crippen LogP contribution in [-0.4, -0.2) is 21.5 Å². The molecule has 0 fully saturated rings.